The van der Waals surface area contributed by atoms with Gasteiger partial charge in [0.25, 0.3) is 0 Å². The summed E-state index contributed by atoms with van der Waals surface area (Å²) in [7, 11) is 0. The number of aromatic nitrogens is 2. The quantitative estimate of drug-likeness (QED) is 0.592. The Bertz CT molecular complexity index is 430. The van der Waals surface area contributed by atoms with Crippen molar-refractivity contribution in [1.82, 2.24) is 20.8 Å². The number of amides is 2. The number of aryl methyl sites for hydroxylation is 1. The van der Waals surface area contributed by atoms with Crippen LogP contribution in [-0.4, -0.2) is 33.8 Å². The summed E-state index contributed by atoms with van der Waals surface area (Å²) < 4.78 is 0. The van der Waals surface area contributed by atoms with E-state index in [0.717, 1.165) is 11.3 Å². The van der Waals surface area contributed by atoms with Crippen LogP contribution in [0.25, 0.3) is 0 Å². The van der Waals surface area contributed by atoms with Crippen molar-refractivity contribution in [3.63, 3.8) is 0 Å². The van der Waals surface area contributed by atoms with Gasteiger partial charge in [0.05, 0.1) is 6.20 Å². The molecule has 0 aliphatic carbocycles. The lowest BCUT2D eigenvalue weighted by Crippen LogP contribution is -2.37. The molecule has 1 rings (SSSR count). The summed E-state index contributed by atoms with van der Waals surface area (Å²) in [5.74, 6) is -0.677. The van der Waals surface area contributed by atoms with Gasteiger partial charge in [-0.1, -0.05) is 6.92 Å². The molecule has 0 spiro atoms. The molecular weight excluding hydrogens is 248 g/mol. The second-order valence-corrected chi connectivity index (χ2v) is 4.62. The molecule has 0 aromatic carbocycles. The average molecular weight is 268 g/mol. The monoisotopic (exact) mass is 268 g/mol. The number of urea groups is 1. The van der Waals surface area contributed by atoms with Crippen LogP contribution >= 0.6 is 0 Å². The van der Waals surface area contributed by atoms with Crippen molar-refractivity contribution in [2.45, 2.75) is 33.2 Å². The van der Waals surface area contributed by atoms with Crippen LogP contribution in [-0.2, 0) is 11.3 Å². The molecule has 1 aromatic rings. The van der Waals surface area contributed by atoms with E-state index in [4.69, 9.17) is 5.11 Å². The Morgan fingerprint density at radius 2 is 2.21 bits per heavy atom. The first-order chi connectivity index (χ1) is 8.99. The summed E-state index contributed by atoms with van der Waals surface area (Å²) in [4.78, 5) is 21.9. The van der Waals surface area contributed by atoms with Crippen molar-refractivity contribution in [3.8, 4) is 0 Å². The average Bonchev–Trinajstić information content (AvgIpc) is 2.77. The van der Waals surface area contributed by atoms with Gasteiger partial charge in [-0.2, -0.15) is 5.10 Å². The lowest BCUT2D eigenvalue weighted by atomic mass is 10.1. The standard InChI is InChI=1S/C12H20N4O3/c1-8(3-4-11(17)18)5-13-12(19)14-6-10-7-15-16-9(10)2/h7-8H,3-6H2,1-2H3,(H,15,16)(H,17,18)(H2,13,14,19). The van der Waals surface area contributed by atoms with Crippen LogP contribution < -0.4 is 10.6 Å². The molecule has 1 heterocycles. The summed E-state index contributed by atoms with van der Waals surface area (Å²) in [6.07, 6.45) is 2.35. The molecule has 0 aliphatic heterocycles. The predicted octanol–water partition coefficient (Wildman–Crippen LogP) is 1.02. The van der Waals surface area contributed by atoms with Gasteiger partial charge >= 0.3 is 12.0 Å². The molecule has 1 atom stereocenters. The number of aliphatic carboxylic acids is 1. The number of aromatic amines is 1. The number of nitrogens with one attached hydrogen (secondary N) is 3. The third-order valence-electron chi connectivity index (χ3n) is 2.84. The molecule has 0 fully saturated rings. The number of nitrogens with zero attached hydrogens (tertiary/aromatic N) is 1. The molecule has 0 radical (unpaired) electrons. The number of rotatable bonds is 7. The zero-order chi connectivity index (χ0) is 14.3. The first-order valence-electron chi connectivity index (χ1n) is 6.21. The Morgan fingerprint density at radius 3 is 2.79 bits per heavy atom. The molecule has 1 unspecified atom stereocenters. The topological polar surface area (TPSA) is 107 Å². The first-order valence-corrected chi connectivity index (χ1v) is 6.21. The lowest BCUT2D eigenvalue weighted by Gasteiger charge is -2.12. The predicted molar refractivity (Wildman–Crippen MR) is 69.6 cm³/mol. The minimum Gasteiger partial charge on any atom is -0.481 e. The van der Waals surface area contributed by atoms with E-state index in [9.17, 15) is 9.59 Å². The maximum Gasteiger partial charge on any atom is 0.315 e. The van der Waals surface area contributed by atoms with Gasteiger partial charge < -0.3 is 15.7 Å². The second kappa shape index (κ2) is 7.40. The van der Waals surface area contributed by atoms with Crippen LogP contribution in [0.1, 0.15) is 31.0 Å². The Kier molecular flexibility index (Phi) is 5.84. The Balaban J connectivity index is 2.17. The van der Waals surface area contributed by atoms with Gasteiger partial charge in [-0.3, -0.25) is 9.89 Å². The van der Waals surface area contributed by atoms with E-state index >= 15 is 0 Å². The van der Waals surface area contributed by atoms with Gasteiger partial charge in [-0.25, -0.2) is 4.79 Å². The van der Waals surface area contributed by atoms with Crippen molar-refractivity contribution < 1.29 is 14.7 Å². The van der Waals surface area contributed by atoms with E-state index < -0.39 is 5.97 Å². The fraction of sp³-hybridized carbons (Fsp3) is 0.583. The highest BCUT2D eigenvalue weighted by Gasteiger charge is 2.08. The minimum absolute atomic E-state index is 0.124. The van der Waals surface area contributed by atoms with E-state index in [0.29, 0.717) is 19.5 Å². The summed E-state index contributed by atoms with van der Waals surface area (Å²) >= 11 is 0. The van der Waals surface area contributed by atoms with Gasteiger partial charge in [0.1, 0.15) is 0 Å². The van der Waals surface area contributed by atoms with E-state index in [-0.39, 0.29) is 18.4 Å². The van der Waals surface area contributed by atoms with Crippen LogP contribution in [0.4, 0.5) is 4.79 Å². The van der Waals surface area contributed by atoms with E-state index in [1.54, 1.807) is 6.20 Å². The Hall–Kier alpha value is -2.05. The zero-order valence-electron chi connectivity index (χ0n) is 11.2. The number of carbonyl (C=O) groups is 2. The highest BCUT2D eigenvalue weighted by molar-refractivity contribution is 5.73. The van der Waals surface area contributed by atoms with Gasteiger partial charge in [-0.15, -0.1) is 0 Å². The number of carboxylic acids is 1. The van der Waals surface area contributed by atoms with Crippen molar-refractivity contribution in [2.75, 3.05) is 6.54 Å². The number of hydrogen-bond acceptors (Lipinski definition) is 3. The fourth-order valence-corrected chi connectivity index (χ4v) is 1.53. The zero-order valence-corrected chi connectivity index (χ0v) is 11.2. The van der Waals surface area contributed by atoms with Gasteiger partial charge in [0, 0.05) is 30.8 Å². The molecule has 19 heavy (non-hydrogen) atoms. The van der Waals surface area contributed by atoms with E-state index in [2.05, 4.69) is 20.8 Å². The summed E-state index contributed by atoms with van der Waals surface area (Å²) in [6.45, 7) is 4.67. The molecule has 0 bridgehead atoms. The smallest absolute Gasteiger partial charge is 0.315 e. The van der Waals surface area contributed by atoms with Crippen LogP contribution in [0.2, 0.25) is 0 Å². The Labute approximate surface area is 111 Å². The summed E-state index contributed by atoms with van der Waals surface area (Å²) in [6, 6.07) is -0.261. The SMILES string of the molecule is Cc1[nH]ncc1CNC(=O)NCC(C)CCC(=O)O. The van der Waals surface area contributed by atoms with Gasteiger partial charge in [0.15, 0.2) is 0 Å². The number of carbonyl (C=O) groups excluding carboxylic acids is 1. The number of H-pyrrole nitrogens is 1. The molecule has 7 nitrogen and oxygen atoms in total. The second-order valence-electron chi connectivity index (χ2n) is 4.62. The molecule has 2 amide bonds. The number of carboxylic acid groups (broad SMARTS) is 1. The van der Waals surface area contributed by atoms with Crippen LogP contribution in [0.3, 0.4) is 0 Å². The van der Waals surface area contributed by atoms with Crippen LogP contribution in [0.5, 0.6) is 0 Å². The lowest BCUT2D eigenvalue weighted by molar-refractivity contribution is -0.137. The van der Waals surface area contributed by atoms with Crippen molar-refractivity contribution in [1.29, 1.82) is 0 Å². The van der Waals surface area contributed by atoms with Gasteiger partial charge in [0.2, 0.25) is 0 Å². The van der Waals surface area contributed by atoms with Crippen molar-refractivity contribution in [3.05, 3.63) is 17.5 Å². The van der Waals surface area contributed by atoms with E-state index in [1.807, 2.05) is 13.8 Å². The largest absolute Gasteiger partial charge is 0.481 e. The highest BCUT2D eigenvalue weighted by atomic mass is 16.4. The molecule has 106 valence electrons. The molecule has 4 N–H and O–H groups in total. The first kappa shape index (κ1) is 15.0. The van der Waals surface area contributed by atoms with Gasteiger partial charge in [-0.05, 0) is 19.3 Å². The van der Waals surface area contributed by atoms with Crippen LogP contribution in [0, 0.1) is 12.8 Å². The van der Waals surface area contributed by atoms with Crippen molar-refractivity contribution >= 4 is 12.0 Å². The summed E-state index contributed by atoms with van der Waals surface area (Å²) in [5.41, 5.74) is 1.87. The minimum atomic E-state index is -0.813. The van der Waals surface area contributed by atoms with Crippen LogP contribution in [0.15, 0.2) is 6.20 Å². The third kappa shape index (κ3) is 5.89. The van der Waals surface area contributed by atoms with Crippen molar-refractivity contribution in [2.24, 2.45) is 5.92 Å². The molecule has 0 saturated carbocycles. The maximum atomic E-state index is 11.5. The Morgan fingerprint density at radius 1 is 1.47 bits per heavy atom. The summed E-state index contributed by atoms with van der Waals surface area (Å²) in [5, 5.41) is 20.6. The third-order valence-corrected chi connectivity index (χ3v) is 2.84. The molecule has 7 heteroatoms. The molecular formula is C12H20N4O3. The number of hydrogen-bond donors (Lipinski definition) is 4. The van der Waals surface area contributed by atoms with E-state index in [1.165, 1.54) is 0 Å². The molecule has 0 saturated heterocycles. The normalized spacial score (nSPS) is 11.9. The highest BCUT2D eigenvalue weighted by Crippen LogP contribution is 2.04. The molecule has 1 aromatic heterocycles. The maximum absolute atomic E-state index is 11.5. The molecule has 0 aliphatic rings. The fourth-order valence-electron chi connectivity index (χ4n) is 1.53.